The Balaban J connectivity index is 1.98. The average Bonchev–Trinajstić information content (AvgIpc) is 2.83. The second-order valence-corrected chi connectivity index (χ2v) is 6.26. The molecular weight excluding hydrogens is 350 g/mol. The fourth-order valence-corrected chi connectivity index (χ4v) is 3.32. The number of halogens is 1. The number of carbonyl (C=O) groups is 1. The summed E-state index contributed by atoms with van der Waals surface area (Å²) in [5, 5.41) is 13.7. The SMILES string of the molecule is CN1CCN(C(=O)c2cc(Br)c3c(N=N)c(O)[nH]c3c2)CC1. The molecule has 1 fully saturated rings. The molecule has 22 heavy (non-hydrogen) atoms. The maximum Gasteiger partial charge on any atom is 0.254 e. The normalized spacial score (nSPS) is 16.2. The lowest BCUT2D eigenvalue weighted by molar-refractivity contribution is 0.0664. The van der Waals surface area contributed by atoms with Crippen LogP contribution in [0.4, 0.5) is 5.69 Å². The lowest BCUT2D eigenvalue weighted by Crippen LogP contribution is -2.47. The van der Waals surface area contributed by atoms with Crippen molar-refractivity contribution in [2.75, 3.05) is 33.2 Å². The number of hydrogen-bond acceptors (Lipinski definition) is 5. The van der Waals surface area contributed by atoms with E-state index < -0.39 is 0 Å². The number of piperazine rings is 1. The smallest absolute Gasteiger partial charge is 0.254 e. The highest BCUT2D eigenvalue weighted by Gasteiger charge is 2.22. The number of amides is 1. The quantitative estimate of drug-likeness (QED) is 0.713. The van der Waals surface area contributed by atoms with E-state index in [1.54, 1.807) is 12.1 Å². The van der Waals surface area contributed by atoms with Gasteiger partial charge in [-0.2, -0.15) is 5.11 Å². The zero-order chi connectivity index (χ0) is 15.9. The van der Waals surface area contributed by atoms with Gasteiger partial charge in [0.05, 0.1) is 5.52 Å². The number of benzene rings is 1. The summed E-state index contributed by atoms with van der Waals surface area (Å²) in [5.41, 5.74) is 8.43. The van der Waals surface area contributed by atoms with Crippen molar-refractivity contribution in [3.63, 3.8) is 0 Å². The van der Waals surface area contributed by atoms with Crippen LogP contribution in [-0.2, 0) is 0 Å². The van der Waals surface area contributed by atoms with Gasteiger partial charge in [0.15, 0.2) is 5.69 Å². The molecule has 3 N–H and O–H groups in total. The predicted octanol–water partition coefficient (Wildman–Crippen LogP) is 2.69. The van der Waals surface area contributed by atoms with Gasteiger partial charge in [0, 0.05) is 41.6 Å². The van der Waals surface area contributed by atoms with Crippen molar-refractivity contribution in [3.8, 4) is 5.88 Å². The van der Waals surface area contributed by atoms with Crippen LogP contribution in [-0.4, -0.2) is 59.0 Å². The summed E-state index contributed by atoms with van der Waals surface area (Å²) in [6, 6.07) is 3.40. The third kappa shape index (κ3) is 2.48. The van der Waals surface area contributed by atoms with E-state index in [0.29, 0.717) is 34.0 Å². The van der Waals surface area contributed by atoms with Gasteiger partial charge in [-0.3, -0.25) is 4.79 Å². The summed E-state index contributed by atoms with van der Waals surface area (Å²) < 4.78 is 0.630. The van der Waals surface area contributed by atoms with Gasteiger partial charge in [-0.05, 0) is 35.1 Å². The minimum atomic E-state index is -0.171. The van der Waals surface area contributed by atoms with Crippen LogP contribution in [0.3, 0.4) is 0 Å². The standard InChI is InChI=1S/C14H16BrN5O2/c1-19-2-4-20(5-3-19)14(22)8-6-9(15)11-10(7-8)17-13(21)12(11)18-16/h6-7,16-17,21H,2-5H2,1H3. The summed E-state index contributed by atoms with van der Waals surface area (Å²) >= 11 is 3.40. The second-order valence-electron chi connectivity index (χ2n) is 5.41. The first-order valence-corrected chi connectivity index (χ1v) is 7.70. The lowest BCUT2D eigenvalue weighted by atomic mass is 10.1. The monoisotopic (exact) mass is 365 g/mol. The van der Waals surface area contributed by atoms with Crippen molar-refractivity contribution >= 4 is 38.4 Å². The molecule has 1 aliphatic heterocycles. The molecule has 8 heteroatoms. The number of likely N-dealkylation sites (N-methyl/N-ethyl adjacent to an activating group) is 1. The second kappa shape index (κ2) is 5.69. The van der Waals surface area contributed by atoms with Gasteiger partial charge in [0.25, 0.3) is 5.91 Å². The van der Waals surface area contributed by atoms with Crippen LogP contribution in [0.25, 0.3) is 10.9 Å². The molecule has 0 bridgehead atoms. The first kappa shape index (κ1) is 15.0. The lowest BCUT2D eigenvalue weighted by Gasteiger charge is -2.32. The van der Waals surface area contributed by atoms with E-state index in [1.807, 2.05) is 11.9 Å². The van der Waals surface area contributed by atoms with Crippen molar-refractivity contribution in [2.45, 2.75) is 0 Å². The zero-order valence-corrected chi connectivity index (χ0v) is 13.6. The van der Waals surface area contributed by atoms with Gasteiger partial charge in [-0.15, -0.1) is 0 Å². The minimum absolute atomic E-state index is 0.0332. The third-order valence-electron chi connectivity index (χ3n) is 3.95. The van der Waals surface area contributed by atoms with Crippen LogP contribution < -0.4 is 0 Å². The molecule has 1 saturated heterocycles. The first-order chi connectivity index (χ1) is 10.5. The summed E-state index contributed by atoms with van der Waals surface area (Å²) in [6.07, 6.45) is 0. The van der Waals surface area contributed by atoms with E-state index in [0.717, 1.165) is 13.1 Å². The van der Waals surface area contributed by atoms with Crippen molar-refractivity contribution in [1.29, 1.82) is 5.53 Å². The molecule has 7 nitrogen and oxygen atoms in total. The minimum Gasteiger partial charge on any atom is -0.493 e. The third-order valence-corrected chi connectivity index (χ3v) is 4.58. The van der Waals surface area contributed by atoms with Gasteiger partial charge < -0.3 is 19.9 Å². The highest BCUT2D eigenvalue weighted by Crippen LogP contribution is 2.40. The van der Waals surface area contributed by atoms with Crippen LogP contribution >= 0.6 is 15.9 Å². The Morgan fingerprint density at radius 3 is 2.68 bits per heavy atom. The largest absolute Gasteiger partial charge is 0.493 e. The fourth-order valence-electron chi connectivity index (χ4n) is 2.68. The molecule has 3 rings (SSSR count). The van der Waals surface area contributed by atoms with Gasteiger partial charge in [0.1, 0.15) is 0 Å². The maximum atomic E-state index is 12.6. The number of fused-ring (bicyclic) bond motifs is 1. The molecule has 0 radical (unpaired) electrons. The van der Waals surface area contributed by atoms with E-state index in [1.165, 1.54) is 0 Å². The van der Waals surface area contributed by atoms with E-state index >= 15 is 0 Å². The Labute approximate surface area is 135 Å². The molecule has 0 aliphatic carbocycles. The van der Waals surface area contributed by atoms with Crippen molar-refractivity contribution in [3.05, 3.63) is 22.2 Å². The Hall–Kier alpha value is -1.93. The number of hydrogen-bond donors (Lipinski definition) is 3. The summed E-state index contributed by atoms with van der Waals surface area (Å²) in [5.74, 6) is -0.205. The van der Waals surface area contributed by atoms with Crippen molar-refractivity contribution in [2.24, 2.45) is 5.11 Å². The van der Waals surface area contributed by atoms with Crippen LogP contribution in [0.1, 0.15) is 10.4 Å². The molecule has 1 aromatic carbocycles. The number of carbonyl (C=O) groups excluding carboxylic acids is 1. The summed E-state index contributed by atoms with van der Waals surface area (Å²) in [6.45, 7) is 3.13. The van der Waals surface area contributed by atoms with E-state index in [2.05, 4.69) is 30.9 Å². The van der Waals surface area contributed by atoms with Crippen LogP contribution in [0.2, 0.25) is 0 Å². The van der Waals surface area contributed by atoms with E-state index in [9.17, 15) is 9.90 Å². The molecule has 0 unspecified atom stereocenters. The zero-order valence-electron chi connectivity index (χ0n) is 12.1. The van der Waals surface area contributed by atoms with Gasteiger partial charge in [-0.1, -0.05) is 0 Å². The fraction of sp³-hybridized carbons (Fsp3) is 0.357. The van der Waals surface area contributed by atoms with E-state index in [4.69, 9.17) is 5.53 Å². The average molecular weight is 366 g/mol. The molecule has 1 amide bonds. The van der Waals surface area contributed by atoms with Gasteiger partial charge >= 0.3 is 0 Å². The van der Waals surface area contributed by atoms with Gasteiger partial charge in [-0.25, -0.2) is 5.53 Å². The van der Waals surface area contributed by atoms with Crippen molar-refractivity contribution < 1.29 is 9.90 Å². The molecule has 116 valence electrons. The number of aromatic hydroxyl groups is 1. The number of nitrogens with zero attached hydrogens (tertiary/aromatic N) is 3. The Kier molecular flexibility index (Phi) is 3.88. The number of aromatic nitrogens is 1. The number of aromatic amines is 1. The topological polar surface area (TPSA) is 95.8 Å². The molecule has 0 saturated carbocycles. The highest BCUT2D eigenvalue weighted by molar-refractivity contribution is 9.10. The first-order valence-electron chi connectivity index (χ1n) is 6.90. The molecule has 2 aromatic rings. The van der Waals surface area contributed by atoms with Crippen LogP contribution in [0, 0.1) is 5.53 Å². The Bertz CT molecular complexity index is 749. The summed E-state index contributed by atoms with van der Waals surface area (Å²) in [4.78, 5) is 19.4. The molecule has 2 heterocycles. The van der Waals surface area contributed by atoms with Crippen molar-refractivity contribution in [1.82, 2.24) is 14.8 Å². The maximum absolute atomic E-state index is 12.6. The molecule has 0 atom stereocenters. The number of rotatable bonds is 2. The molecule has 1 aromatic heterocycles. The summed E-state index contributed by atoms with van der Waals surface area (Å²) in [7, 11) is 2.04. The number of H-pyrrole nitrogens is 1. The predicted molar refractivity (Wildman–Crippen MR) is 85.9 cm³/mol. The van der Waals surface area contributed by atoms with Crippen LogP contribution in [0.15, 0.2) is 21.7 Å². The number of nitrogens with one attached hydrogen (secondary N) is 2. The van der Waals surface area contributed by atoms with Gasteiger partial charge in [0.2, 0.25) is 5.88 Å². The highest BCUT2D eigenvalue weighted by atomic mass is 79.9. The Morgan fingerprint density at radius 1 is 1.36 bits per heavy atom. The van der Waals surface area contributed by atoms with E-state index in [-0.39, 0.29) is 17.5 Å². The molecular formula is C14H16BrN5O2. The molecule has 1 aliphatic rings. The Morgan fingerprint density at radius 2 is 2.05 bits per heavy atom. The van der Waals surface area contributed by atoms with Crippen LogP contribution in [0.5, 0.6) is 5.88 Å². The molecule has 0 spiro atoms.